The zero-order valence-corrected chi connectivity index (χ0v) is 10.1. The second kappa shape index (κ2) is 15.4. The standard InChI is InChI=1S/C12H27N.H3N/c1-2-3-4-5-6-7-8-9-10-11-12-13;/h2-13H2,1H3;1H3. The highest BCUT2D eigenvalue weighted by Gasteiger charge is 1.90. The lowest BCUT2D eigenvalue weighted by Crippen LogP contribution is -1.97. The van der Waals surface area contributed by atoms with E-state index in [-0.39, 0.29) is 6.15 Å². The number of nitrogens with two attached hydrogens (primary N) is 1. The van der Waals surface area contributed by atoms with Gasteiger partial charge in [-0.15, -0.1) is 0 Å². The van der Waals surface area contributed by atoms with E-state index in [2.05, 4.69) is 6.92 Å². The van der Waals surface area contributed by atoms with E-state index in [0.29, 0.717) is 0 Å². The third-order valence-electron chi connectivity index (χ3n) is 2.56. The van der Waals surface area contributed by atoms with Gasteiger partial charge in [0, 0.05) is 0 Å². The van der Waals surface area contributed by atoms with Crippen LogP contribution in [0.4, 0.5) is 0 Å². The van der Waals surface area contributed by atoms with Crippen molar-refractivity contribution in [2.24, 2.45) is 5.73 Å². The fourth-order valence-electron chi connectivity index (χ4n) is 1.63. The van der Waals surface area contributed by atoms with Crippen LogP contribution in [0.1, 0.15) is 71.1 Å². The van der Waals surface area contributed by atoms with Crippen molar-refractivity contribution in [1.29, 1.82) is 0 Å². The molecule has 0 saturated heterocycles. The summed E-state index contributed by atoms with van der Waals surface area (Å²) in [6.45, 7) is 3.14. The van der Waals surface area contributed by atoms with E-state index in [0.717, 1.165) is 6.54 Å². The van der Waals surface area contributed by atoms with Crippen LogP contribution in [0, 0.1) is 0 Å². The fraction of sp³-hybridized carbons (Fsp3) is 1.00. The van der Waals surface area contributed by atoms with Crippen LogP contribution < -0.4 is 11.9 Å². The first kappa shape index (κ1) is 16.4. The molecule has 0 aromatic carbocycles. The average Bonchev–Trinajstić information content (AvgIpc) is 2.16. The minimum absolute atomic E-state index is 0. The molecule has 5 N–H and O–H groups in total. The molecular weight excluding hydrogens is 172 g/mol. The minimum atomic E-state index is 0. The van der Waals surface area contributed by atoms with Crippen molar-refractivity contribution in [3.05, 3.63) is 0 Å². The number of hydrogen-bond acceptors (Lipinski definition) is 2. The maximum atomic E-state index is 5.42. The molecule has 0 fully saturated rings. The SMILES string of the molecule is CCCCCCCCCCCCN.N. The summed E-state index contributed by atoms with van der Waals surface area (Å²) in [5, 5.41) is 0. The van der Waals surface area contributed by atoms with Crippen molar-refractivity contribution in [3.63, 3.8) is 0 Å². The molecule has 14 heavy (non-hydrogen) atoms. The minimum Gasteiger partial charge on any atom is -0.344 e. The summed E-state index contributed by atoms with van der Waals surface area (Å²) in [5.74, 6) is 0. The highest BCUT2D eigenvalue weighted by molar-refractivity contribution is 4.47. The van der Waals surface area contributed by atoms with E-state index in [1.807, 2.05) is 0 Å². The second-order valence-electron chi connectivity index (χ2n) is 3.97. The summed E-state index contributed by atoms with van der Waals surface area (Å²) in [6, 6.07) is 0. The quantitative estimate of drug-likeness (QED) is 0.525. The Bertz CT molecular complexity index is 74.4. The molecule has 0 aliphatic heterocycles. The van der Waals surface area contributed by atoms with Crippen LogP contribution in [0.3, 0.4) is 0 Å². The maximum Gasteiger partial charge on any atom is -0.00773 e. The molecule has 0 amide bonds. The molecule has 0 heterocycles. The van der Waals surface area contributed by atoms with Gasteiger partial charge in [0.2, 0.25) is 0 Å². The molecule has 0 rings (SSSR count). The van der Waals surface area contributed by atoms with Gasteiger partial charge in [-0.2, -0.15) is 0 Å². The van der Waals surface area contributed by atoms with E-state index in [1.165, 1.54) is 64.2 Å². The summed E-state index contributed by atoms with van der Waals surface area (Å²) in [7, 11) is 0. The van der Waals surface area contributed by atoms with Gasteiger partial charge in [-0.05, 0) is 13.0 Å². The van der Waals surface area contributed by atoms with Crippen LogP contribution in [-0.2, 0) is 0 Å². The molecular formula is C12H30N2. The Morgan fingerprint density at radius 3 is 1.36 bits per heavy atom. The highest BCUT2D eigenvalue weighted by Crippen LogP contribution is 2.09. The molecule has 0 aromatic heterocycles. The van der Waals surface area contributed by atoms with Crippen molar-refractivity contribution >= 4 is 0 Å². The Kier molecular flexibility index (Phi) is 18.0. The largest absolute Gasteiger partial charge is 0.344 e. The summed E-state index contributed by atoms with van der Waals surface area (Å²) in [6.07, 6.45) is 13.9. The van der Waals surface area contributed by atoms with Crippen LogP contribution in [0.2, 0.25) is 0 Å². The molecule has 88 valence electrons. The van der Waals surface area contributed by atoms with Gasteiger partial charge in [0.25, 0.3) is 0 Å². The Morgan fingerprint density at radius 1 is 0.643 bits per heavy atom. The first-order valence-electron chi connectivity index (χ1n) is 6.12. The lowest BCUT2D eigenvalue weighted by molar-refractivity contribution is 0.558. The summed E-state index contributed by atoms with van der Waals surface area (Å²) in [4.78, 5) is 0. The van der Waals surface area contributed by atoms with Crippen molar-refractivity contribution in [2.45, 2.75) is 71.1 Å². The van der Waals surface area contributed by atoms with Crippen molar-refractivity contribution in [2.75, 3.05) is 6.54 Å². The first-order chi connectivity index (χ1) is 6.41. The van der Waals surface area contributed by atoms with Crippen LogP contribution in [-0.4, -0.2) is 6.54 Å². The van der Waals surface area contributed by atoms with Crippen LogP contribution in [0.5, 0.6) is 0 Å². The predicted molar refractivity (Wildman–Crippen MR) is 65.9 cm³/mol. The number of unbranched alkanes of at least 4 members (excludes halogenated alkanes) is 9. The zero-order chi connectivity index (χ0) is 9.78. The van der Waals surface area contributed by atoms with Crippen molar-refractivity contribution in [3.8, 4) is 0 Å². The van der Waals surface area contributed by atoms with Gasteiger partial charge in [0.15, 0.2) is 0 Å². The summed E-state index contributed by atoms with van der Waals surface area (Å²) in [5.41, 5.74) is 5.42. The van der Waals surface area contributed by atoms with Crippen molar-refractivity contribution in [1.82, 2.24) is 6.15 Å². The fourth-order valence-corrected chi connectivity index (χ4v) is 1.63. The monoisotopic (exact) mass is 202 g/mol. The van der Waals surface area contributed by atoms with Crippen LogP contribution >= 0.6 is 0 Å². The molecule has 0 radical (unpaired) electrons. The normalized spacial score (nSPS) is 9.86. The van der Waals surface area contributed by atoms with E-state index < -0.39 is 0 Å². The van der Waals surface area contributed by atoms with Gasteiger partial charge in [0.1, 0.15) is 0 Å². The van der Waals surface area contributed by atoms with Crippen molar-refractivity contribution < 1.29 is 0 Å². The predicted octanol–water partition coefficient (Wildman–Crippen LogP) is 4.03. The molecule has 0 spiro atoms. The number of hydrogen-bond donors (Lipinski definition) is 2. The molecule has 0 aliphatic rings. The molecule has 0 atom stereocenters. The van der Waals surface area contributed by atoms with E-state index in [9.17, 15) is 0 Å². The Hall–Kier alpha value is -0.0800. The van der Waals surface area contributed by atoms with E-state index in [4.69, 9.17) is 5.73 Å². The molecule has 0 aromatic rings. The molecule has 2 nitrogen and oxygen atoms in total. The maximum absolute atomic E-state index is 5.42. The topological polar surface area (TPSA) is 61.0 Å². The van der Waals surface area contributed by atoms with Gasteiger partial charge in [0.05, 0.1) is 0 Å². The Balaban J connectivity index is 0. The lowest BCUT2D eigenvalue weighted by atomic mass is 10.1. The third kappa shape index (κ3) is 14.4. The highest BCUT2D eigenvalue weighted by atomic mass is 14.5. The van der Waals surface area contributed by atoms with Gasteiger partial charge in [-0.3, -0.25) is 0 Å². The zero-order valence-electron chi connectivity index (χ0n) is 10.1. The van der Waals surface area contributed by atoms with E-state index >= 15 is 0 Å². The smallest absolute Gasteiger partial charge is 0.00773 e. The molecule has 0 aliphatic carbocycles. The Labute approximate surface area is 90.2 Å². The van der Waals surface area contributed by atoms with Gasteiger partial charge in [-0.1, -0.05) is 64.7 Å². The van der Waals surface area contributed by atoms with Gasteiger partial charge in [-0.25, -0.2) is 0 Å². The van der Waals surface area contributed by atoms with Gasteiger partial charge >= 0.3 is 0 Å². The first-order valence-corrected chi connectivity index (χ1v) is 6.12. The van der Waals surface area contributed by atoms with E-state index in [1.54, 1.807) is 0 Å². The summed E-state index contributed by atoms with van der Waals surface area (Å²) < 4.78 is 0. The third-order valence-corrected chi connectivity index (χ3v) is 2.56. The number of rotatable bonds is 10. The molecule has 0 bridgehead atoms. The van der Waals surface area contributed by atoms with Gasteiger partial charge < -0.3 is 11.9 Å². The summed E-state index contributed by atoms with van der Waals surface area (Å²) >= 11 is 0. The molecule has 2 heteroatoms. The second-order valence-corrected chi connectivity index (χ2v) is 3.97. The Morgan fingerprint density at radius 2 is 1.00 bits per heavy atom. The molecule has 0 saturated carbocycles. The molecule has 0 unspecified atom stereocenters. The lowest BCUT2D eigenvalue weighted by Gasteiger charge is -2.00. The van der Waals surface area contributed by atoms with Crippen LogP contribution in [0.15, 0.2) is 0 Å². The van der Waals surface area contributed by atoms with Crippen LogP contribution in [0.25, 0.3) is 0 Å². The average molecular weight is 202 g/mol.